The number of carboxylic acid groups (broad SMARTS) is 1. The lowest BCUT2D eigenvalue weighted by Gasteiger charge is -1.92. The molecule has 0 saturated heterocycles. The van der Waals surface area contributed by atoms with Gasteiger partial charge in [-0.05, 0) is 40.6 Å². The minimum Gasteiger partial charge on any atom is -0.478 e. The molecular weight excluding hydrogens is 240 g/mol. The molecule has 0 saturated carbocycles. The topological polar surface area (TPSA) is 37.3 Å². The number of hydrogen-bond acceptors (Lipinski definition) is 2. The average Bonchev–Trinajstić information content (AvgIpc) is 2.34. The van der Waals surface area contributed by atoms with E-state index in [1.807, 2.05) is 12.1 Å². The van der Waals surface area contributed by atoms with Gasteiger partial charge < -0.3 is 5.11 Å². The standard InChI is InChI=1S/C8H7BrO2S/c1-5(4-8(10)11)6-2-3-7(9)12-6/h2-4H,1H3,(H,10,11). The van der Waals surface area contributed by atoms with Crippen molar-refractivity contribution in [3.63, 3.8) is 0 Å². The molecular formula is C8H7BrO2S. The predicted molar refractivity (Wildman–Crippen MR) is 53.3 cm³/mol. The Morgan fingerprint density at radius 2 is 2.33 bits per heavy atom. The van der Waals surface area contributed by atoms with Gasteiger partial charge in [0.05, 0.1) is 3.79 Å². The van der Waals surface area contributed by atoms with Crippen LogP contribution in [-0.4, -0.2) is 11.1 Å². The fourth-order valence-corrected chi connectivity index (χ4v) is 2.14. The van der Waals surface area contributed by atoms with Gasteiger partial charge in [0, 0.05) is 11.0 Å². The van der Waals surface area contributed by atoms with Crippen LogP contribution in [0.2, 0.25) is 0 Å². The van der Waals surface area contributed by atoms with Crippen molar-refractivity contribution in [3.8, 4) is 0 Å². The summed E-state index contributed by atoms with van der Waals surface area (Å²) in [4.78, 5) is 11.3. The van der Waals surface area contributed by atoms with Crippen LogP contribution in [0.4, 0.5) is 0 Å². The van der Waals surface area contributed by atoms with E-state index in [0.29, 0.717) is 0 Å². The largest absolute Gasteiger partial charge is 0.478 e. The molecule has 1 N–H and O–H groups in total. The Morgan fingerprint density at radius 3 is 2.75 bits per heavy atom. The van der Waals surface area contributed by atoms with Crippen LogP contribution in [0, 0.1) is 0 Å². The normalized spacial score (nSPS) is 11.7. The zero-order valence-electron chi connectivity index (χ0n) is 6.37. The lowest BCUT2D eigenvalue weighted by molar-refractivity contribution is -0.131. The quantitative estimate of drug-likeness (QED) is 0.815. The van der Waals surface area contributed by atoms with Crippen molar-refractivity contribution < 1.29 is 9.90 Å². The van der Waals surface area contributed by atoms with Crippen molar-refractivity contribution in [2.45, 2.75) is 6.92 Å². The summed E-state index contributed by atoms with van der Waals surface area (Å²) < 4.78 is 1.01. The molecule has 0 aliphatic rings. The molecule has 0 unspecified atom stereocenters. The van der Waals surface area contributed by atoms with E-state index in [-0.39, 0.29) is 0 Å². The monoisotopic (exact) mass is 246 g/mol. The highest BCUT2D eigenvalue weighted by atomic mass is 79.9. The van der Waals surface area contributed by atoms with Crippen LogP contribution < -0.4 is 0 Å². The van der Waals surface area contributed by atoms with Gasteiger partial charge in [-0.1, -0.05) is 0 Å². The van der Waals surface area contributed by atoms with E-state index in [0.717, 1.165) is 14.2 Å². The lowest BCUT2D eigenvalue weighted by Crippen LogP contribution is -1.87. The summed E-state index contributed by atoms with van der Waals surface area (Å²) >= 11 is 4.83. The molecule has 0 atom stereocenters. The van der Waals surface area contributed by atoms with Crippen LogP contribution in [0.25, 0.3) is 5.57 Å². The summed E-state index contributed by atoms with van der Waals surface area (Å²) in [6, 6.07) is 3.79. The van der Waals surface area contributed by atoms with Gasteiger partial charge in [-0.15, -0.1) is 11.3 Å². The number of carbonyl (C=O) groups is 1. The summed E-state index contributed by atoms with van der Waals surface area (Å²) in [7, 11) is 0. The van der Waals surface area contributed by atoms with Crippen molar-refractivity contribution in [1.82, 2.24) is 0 Å². The molecule has 0 spiro atoms. The van der Waals surface area contributed by atoms with Crippen LogP contribution in [-0.2, 0) is 4.79 Å². The number of rotatable bonds is 2. The van der Waals surface area contributed by atoms with Gasteiger partial charge in [-0.2, -0.15) is 0 Å². The lowest BCUT2D eigenvalue weighted by atomic mass is 10.2. The first-order chi connectivity index (χ1) is 5.59. The number of hydrogen-bond donors (Lipinski definition) is 1. The fraction of sp³-hybridized carbons (Fsp3) is 0.125. The van der Waals surface area contributed by atoms with Crippen molar-refractivity contribution >= 4 is 38.8 Å². The summed E-state index contributed by atoms with van der Waals surface area (Å²) in [6.07, 6.45) is 1.21. The maximum atomic E-state index is 10.3. The molecule has 0 aromatic carbocycles. The number of carboxylic acids is 1. The SMILES string of the molecule is CC(=CC(=O)O)c1ccc(Br)s1. The zero-order valence-corrected chi connectivity index (χ0v) is 8.78. The van der Waals surface area contributed by atoms with Crippen LogP contribution in [0.15, 0.2) is 22.0 Å². The fourth-order valence-electron chi connectivity index (χ4n) is 0.783. The molecule has 0 fully saturated rings. The number of allylic oxidation sites excluding steroid dienone is 1. The van der Waals surface area contributed by atoms with Gasteiger partial charge >= 0.3 is 5.97 Å². The van der Waals surface area contributed by atoms with E-state index < -0.39 is 5.97 Å². The molecule has 1 rings (SSSR count). The van der Waals surface area contributed by atoms with Crippen LogP contribution in [0.1, 0.15) is 11.8 Å². The van der Waals surface area contributed by atoms with Gasteiger partial charge in [0.1, 0.15) is 0 Å². The van der Waals surface area contributed by atoms with Crippen LogP contribution in [0.5, 0.6) is 0 Å². The third-order valence-corrected chi connectivity index (χ3v) is 3.06. The molecule has 0 bridgehead atoms. The number of aliphatic carboxylic acids is 1. The van der Waals surface area contributed by atoms with E-state index in [1.54, 1.807) is 6.92 Å². The van der Waals surface area contributed by atoms with Gasteiger partial charge in [0.15, 0.2) is 0 Å². The van der Waals surface area contributed by atoms with Crippen molar-refractivity contribution in [3.05, 3.63) is 26.9 Å². The Kier molecular flexibility index (Phi) is 3.05. The van der Waals surface area contributed by atoms with E-state index in [2.05, 4.69) is 15.9 Å². The molecule has 1 heterocycles. The maximum absolute atomic E-state index is 10.3. The molecule has 1 aromatic heterocycles. The predicted octanol–water partition coefficient (Wildman–Crippen LogP) is 3.00. The summed E-state index contributed by atoms with van der Waals surface area (Å²) in [5.41, 5.74) is 0.776. The Bertz CT molecular complexity index is 328. The van der Waals surface area contributed by atoms with E-state index in [1.165, 1.54) is 17.4 Å². The van der Waals surface area contributed by atoms with E-state index in [9.17, 15) is 4.79 Å². The van der Waals surface area contributed by atoms with E-state index in [4.69, 9.17) is 5.11 Å². The molecule has 4 heteroatoms. The highest BCUT2D eigenvalue weighted by Gasteiger charge is 2.00. The minimum atomic E-state index is -0.906. The first-order valence-electron chi connectivity index (χ1n) is 3.26. The summed E-state index contributed by atoms with van der Waals surface area (Å²) in [6.45, 7) is 1.78. The average molecular weight is 247 g/mol. The molecule has 2 nitrogen and oxygen atoms in total. The van der Waals surface area contributed by atoms with Crippen LogP contribution in [0.3, 0.4) is 0 Å². The summed E-state index contributed by atoms with van der Waals surface area (Å²) in [5, 5.41) is 8.47. The summed E-state index contributed by atoms with van der Waals surface area (Å²) in [5.74, 6) is -0.906. The third kappa shape index (κ3) is 2.46. The molecule has 0 radical (unpaired) electrons. The number of thiophene rings is 1. The molecule has 0 aliphatic carbocycles. The molecule has 1 aromatic rings. The van der Waals surface area contributed by atoms with Crippen molar-refractivity contribution in [2.75, 3.05) is 0 Å². The van der Waals surface area contributed by atoms with Gasteiger partial charge in [0.25, 0.3) is 0 Å². The molecule has 0 aliphatic heterocycles. The first-order valence-corrected chi connectivity index (χ1v) is 4.87. The number of halogens is 1. The van der Waals surface area contributed by atoms with Gasteiger partial charge in [0.2, 0.25) is 0 Å². The Morgan fingerprint density at radius 1 is 1.67 bits per heavy atom. The highest BCUT2D eigenvalue weighted by molar-refractivity contribution is 9.11. The Labute approximate surface area is 82.7 Å². The van der Waals surface area contributed by atoms with E-state index >= 15 is 0 Å². The Hall–Kier alpha value is -0.610. The Balaban J connectivity index is 2.91. The van der Waals surface area contributed by atoms with Crippen molar-refractivity contribution in [2.24, 2.45) is 0 Å². The van der Waals surface area contributed by atoms with Gasteiger partial charge in [-0.25, -0.2) is 4.79 Å². The second-order valence-corrected chi connectivity index (χ2v) is 4.73. The first kappa shape index (κ1) is 9.48. The second kappa shape index (κ2) is 3.87. The highest BCUT2D eigenvalue weighted by Crippen LogP contribution is 2.27. The smallest absolute Gasteiger partial charge is 0.328 e. The second-order valence-electron chi connectivity index (χ2n) is 2.27. The van der Waals surface area contributed by atoms with Crippen LogP contribution >= 0.6 is 27.3 Å². The molecule has 0 amide bonds. The molecule has 64 valence electrons. The third-order valence-electron chi connectivity index (χ3n) is 1.30. The minimum absolute atomic E-state index is 0.776. The molecule has 12 heavy (non-hydrogen) atoms. The van der Waals surface area contributed by atoms with Crippen molar-refractivity contribution in [1.29, 1.82) is 0 Å². The van der Waals surface area contributed by atoms with Gasteiger partial charge in [-0.3, -0.25) is 0 Å². The zero-order chi connectivity index (χ0) is 9.14. The maximum Gasteiger partial charge on any atom is 0.328 e.